The number of nitrogens with one attached hydrogen (secondary N) is 1. The molecule has 2 aromatic rings. The zero-order valence-electron chi connectivity index (χ0n) is 8.94. The number of nitrogens with zero attached hydrogens (tertiary/aromatic N) is 1. The Balaban J connectivity index is 1.77. The molecule has 0 spiro atoms. The van der Waals surface area contributed by atoms with Gasteiger partial charge in [0.2, 0.25) is 0 Å². The molecule has 5 heteroatoms. The molecule has 0 aromatic carbocycles. The standard InChI is InChI=1S/C11H13ClN2OS/c1-8(5-9-3-2-4-15-9)13-7-11-14-6-10(12)16-11/h2-4,6,8,13H,5,7H2,1H3. The molecule has 86 valence electrons. The number of aromatic nitrogens is 1. The van der Waals surface area contributed by atoms with Crippen molar-refractivity contribution in [2.45, 2.75) is 25.9 Å². The van der Waals surface area contributed by atoms with Crippen LogP contribution in [0.2, 0.25) is 4.34 Å². The minimum absolute atomic E-state index is 0.355. The molecule has 2 aromatic heterocycles. The molecule has 0 saturated heterocycles. The number of thiazole rings is 1. The fourth-order valence-electron chi connectivity index (χ4n) is 1.43. The van der Waals surface area contributed by atoms with E-state index in [0.29, 0.717) is 6.04 Å². The molecule has 3 nitrogen and oxygen atoms in total. The van der Waals surface area contributed by atoms with E-state index in [9.17, 15) is 0 Å². The highest BCUT2D eigenvalue weighted by Gasteiger charge is 2.06. The smallest absolute Gasteiger partial charge is 0.113 e. The summed E-state index contributed by atoms with van der Waals surface area (Å²) in [5.41, 5.74) is 0. The number of furan rings is 1. The molecule has 2 rings (SSSR count). The lowest BCUT2D eigenvalue weighted by atomic mass is 10.2. The lowest BCUT2D eigenvalue weighted by Gasteiger charge is -2.10. The number of halogens is 1. The molecule has 0 fully saturated rings. The SMILES string of the molecule is CC(Cc1ccco1)NCc1ncc(Cl)s1. The van der Waals surface area contributed by atoms with Gasteiger partial charge in [-0.25, -0.2) is 4.98 Å². The highest BCUT2D eigenvalue weighted by Crippen LogP contribution is 2.18. The van der Waals surface area contributed by atoms with Gasteiger partial charge in [-0.1, -0.05) is 11.6 Å². The summed E-state index contributed by atoms with van der Waals surface area (Å²) in [5.74, 6) is 0.997. The maximum Gasteiger partial charge on any atom is 0.113 e. The van der Waals surface area contributed by atoms with Crippen molar-refractivity contribution < 1.29 is 4.42 Å². The fourth-order valence-corrected chi connectivity index (χ4v) is 2.34. The Morgan fingerprint density at radius 1 is 1.62 bits per heavy atom. The third kappa shape index (κ3) is 3.33. The maximum atomic E-state index is 5.80. The van der Waals surface area contributed by atoms with Crippen LogP contribution in [0.25, 0.3) is 0 Å². The van der Waals surface area contributed by atoms with E-state index >= 15 is 0 Å². The molecule has 0 radical (unpaired) electrons. The number of hydrogen-bond acceptors (Lipinski definition) is 4. The van der Waals surface area contributed by atoms with Gasteiger partial charge in [-0.15, -0.1) is 11.3 Å². The van der Waals surface area contributed by atoms with Crippen LogP contribution in [0.3, 0.4) is 0 Å². The second-order valence-electron chi connectivity index (χ2n) is 3.62. The molecule has 0 amide bonds. The zero-order chi connectivity index (χ0) is 11.4. The molecule has 0 aliphatic rings. The first-order valence-corrected chi connectivity index (χ1v) is 6.29. The van der Waals surface area contributed by atoms with Gasteiger partial charge < -0.3 is 9.73 Å². The average molecular weight is 257 g/mol. The molecule has 1 atom stereocenters. The molecule has 0 aliphatic heterocycles. The normalized spacial score (nSPS) is 12.9. The van der Waals surface area contributed by atoms with E-state index in [-0.39, 0.29) is 0 Å². The third-order valence-electron chi connectivity index (χ3n) is 2.21. The third-order valence-corrected chi connectivity index (χ3v) is 3.33. The summed E-state index contributed by atoms with van der Waals surface area (Å²) in [5, 5.41) is 4.39. The van der Waals surface area contributed by atoms with E-state index in [2.05, 4.69) is 17.2 Å². The Labute approximate surface area is 103 Å². The molecule has 1 N–H and O–H groups in total. The van der Waals surface area contributed by atoms with Crippen LogP contribution in [0.15, 0.2) is 29.0 Å². The van der Waals surface area contributed by atoms with Crippen molar-refractivity contribution >= 4 is 22.9 Å². The van der Waals surface area contributed by atoms with E-state index < -0.39 is 0 Å². The van der Waals surface area contributed by atoms with E-state index in [0.717, 1.165) is 28.1 Å². The van der Waals surface area contributed by atoms with E-state index in [4.69, 9.17) is 16.0 Å². The molecule has 0 bridgehead atoms. The van der Waals surface area contributed by atoms with Crippen LogP contribution in [0.1, 0.15) is 17.7 Å². The van der Waals surface area contributed by atoms with Crippen LogP contribution in [0, 0.1) is 0 Å². The van der Waals surface area contributed by atoms with E-state index in [1.807, 2.05) is 12.1 Å². The molecule has 0 aliphatic carbocycles. The second-order valence-corrected chi connectivity index (χ2v) is 5.37. The Hall–Kier alpha value is -0.840. The van der Waals surface area contributed by atoms with Crippen LogP contribution in [-0.4, -0.2) is 11.0 Å². The quantitative estimate of drug-likeness (QED) is 0.893. The first-order chi connectivity index (χ1) is 7.74. The highest BCUT2D eigenvalue weighted by molar-refractivity contribution is 7.15. The van der Waals surface area contributed by atoms with Crippen LogP contribution in [0.5, 0.6) is 0 Å². The van der Waals surface area contributed by atoms with Gasteiger partial charge >= 0.3 is 0 Å². The number of hydrogen-bond donors (Lipinski definition) is 1. The topological polar surface area (TPSA) is 38.1 Å². The molecule has 0 saturated carbocycles. The molecule has 16 heavy (non-hydrogen) atoms. The summed E-state index contributed by atoms with van der Waals surface area (Å²) in [6.45, 7) is 2.87. The zero-order valence-corrected chi connectivity index (χ0v) is 10.5. The Morgan fingerprint density at radius 3 is 3.12 bits per heavy atom. The van der Waals surface area contributed by atoms with Crippen molar-refractivity contribution in [2.75, 3.05) is 0 Å². The van der Waals surface area contributed by atoms with Crippen molar-refractivity contribution in [3.8, 4) is 0 Å². The van der Waals surface area contributed by atoms with Crippen molar-refractivity contribution in [3.63, 3.8) is 0 Å². The molecular weight excluding hydrogens is 244 g/mol. The van der Waals surface area contributed by atoms with Gasteiger partial charge in [0.15, 0.2) is 0 Å². The molecule has 1 unspecified atom stereocenters. The van der Waals surface area contributed by atoms with Crippen LogP contribution >= 0.6 is 22.9 Å². The summed E-state index contributed by atoms with van der Waals surface area (Å²) in [4.78, 5) is 4.19. The second kappa shape index (κ2) is 5.48. The molecule has 2 heterocycles. The monoisotopic (exact) mass is 256 g/mol. The minimum atomic E-state index is 0.355. The first-order valence-electron chi connectivity index (χ1n) is 5.10. The molecular formula is C11H13ClN2OS. The predicted molar refractivity (Wildman–Crippen MR) is 65.8 cm³/mol. The fraction of sp³-hybridized carbons (Fsp3) is 0.364. The van der Waals surface area contributed by atoms with Gasteiger partial charge in [-0.2, -0.15) is 0 Å². The van der Waals surface area contributed by atoms with Crippen molar-refractivity contribution in [2.24, 2.45) is 0 Å². The van der Waals surface area contributed by atoms with Crippen molar-refractivity contribution in [3.05, 3.63) is 39.7 Å². The first kappa shape index (κ1) is 11.6. The summed E-state index contributed by atoms with van der Waals surface area (Å²) in [6, 6.07) is 4.25. The van der Waals surface area contributed by atoms with Gasteiger partial charge in [0.05, 0.1) is 12.5 Å². The lowest BCUT2D eigenvalue weighted by Crippen LogP contribution is -2.27. The van der Waals surface area contributed by atoms with Crippen LogP contribution in [-0.2, 0) is 13.0 Å². The maximum absolute atomic E-state index is 5.80. The van der Waals surface area contributed by atoms with Crippen LogP contribution < -0.4 is 5.32 Å². The van der Waals surface area contributed by atoms with Crippen LogP contribution in [0.4, 0.5) is 0 Å². The summed E-state index contributed by atoms with van der Waals surface area (Å²) < 4.78 is 6.02. The Morgan fingerprint density at radius 2 is 2.50 bits per heavy atom. The largest absolute Gasteiger partial charge is 0.469 e. The van der Waals surface area contributed by atoms with Gasteiger partial charge in [0.25, 0.3) is 0 Å². The van der Waals surface area contributed by atoms with Gasteiger partial charge in [0.1, 0.15) is 15.1 Å². The van der Waals surface area contributed by atoms with Gasteiger partial charge in [0, 0.05) is 19.0 Å². The van der Waals surface area contributed by atoms with Crippen molar-refractivity contribution in [1.29, 1.82) is 0 Å². The summed E-state index contributed by atoms with van der Waals surface area (Å²) in [7, 11) is 0. The van der Waals surface area contributed by atoms with E-state index in [1.54, 1.807) is 12.5 Å². The lowest BCUT2D eigenvalue weighted by molar-refractivity contribution is 0.456. The number of rotatable bonds is 5. The minimum Gasteiger partial charge on any atom is -0.469 e. The van der Waals surface area contributed by atoms with Crippen molar-refractivity contribution in [1.82, 2.24) is 10.3 Å². The Kier molecular flexibility index (Phi) is 3.98. The average Bonchev–Trinajstić information content (AvgIpc) is 2.87. The van der Waals surface area contributed by atoms with E-state index in [1.165, 1.54) is 11.3 Å². The summed E-state index contributed by atoms with van der Waals surface area (Å²) >= 11 is 7.31. The highest BCUT2D eigenvalue weighted by atomic mass is 35.5. The van der Waals surface area contributed by atoms with Gasteiger partial charge in [-0.05, 0) is 19.1 Å². The summed E-state index contributed by atoms with van der Waals surface area (Å²) in [6.07, 6.45) is 4.26. The Bertz CT molecular complexity index is 427. The predicted octanol–water partition coefficient (Wildman–Crippen LogP) is 3.11. The van der Waals surface area contributed by atoms with Gasteiger partial charge in [-0.3, -0.25) is 0 Å².